The third kappa shape index (κ3) is 3.58. The quantitative estimate of drug-likeness (QED) is 0.693. The van der Waals surface area contributed by atoms with Crippen LogP contribution in [0.5, 0.6) is 0 Å². The molecule has 2 heterocycles. The van der Waals surface area contributed by atoms with Gasteiger partial charge in [0.05, 0.1) is 24.4 Å². The topological polar surface area (TPSA) is 101 Å². The van der Waals surface area contributed by atoms with E-state index in [1.807, 2.05) is 6.92 Å². The van der Waals surface area contributed by atoms with E-state index < -0.39 is 48.9 Å². The van der Waals surface area contributed by atoms with E-state index in [1.54, 1.807) is 13.1 Å². The lowest BCUT2D eigenvalue weighted by atomic mass is 9.82. The van der Waals surface area contributed by atoms with Gasteiger partial charge >= 0.3 is 0 Å². The molecule has 0 amide bonds. The van der Waals surface area contributed by atoms with E-state index in [4.69, 9.17) is 9.84 Å². The Labute approximate surface area is 139 Å². The van der Waals surface area contributed by atoms with Crippen LogP contribution >= 0.6 is 0 Å². The van der Waals surface area contributed by atoms with Crippen molar-refractivity contribution in [2.45, 2.75) is 70.0 Å². The van der Waals surface area contributed by atoms with Crippen LogP contribution in [0, 0.1) is 5.92 Å². The van der Waals surface area contributed by atoms with E-state index in [-0.39, 0.29) is 0 Å². The first kappa shape index (κ1) is 19.2. The molecule has 0 spiro atoms. The second-order valence-electron chi connectivity index (χ2n) is 6.50. The number of hydrogen-bond donors (Lipinski definition) is 3. The predicted molar refractivity (Wildman–Crippen MR) is 80.6 cm³/mol. The van der Waals surface area contributed by atoms with Crippen LogP contribution in [0.1, 0.15) is 38.9 Å². The number of alkyl halides is 2. The zero-order valence-electron chi connectivity index (χ0n) is 14.0. The second kappa shape index (κ2) is 7.38. The lowest BCUT2D eigenvalue weighted by Crippen LogP contribution is -2.59. The first-order chi connectivity index (χ1) is 11.2. The highest BCUT2D eigenvalue weighted by molar-refractivity contribution is 5.02. The Kier molecular flexibility index (Phi) is 5.90. The van der Waals surface area contributed by atoms with Gasteiger partial charge in [-0.1, -0.05) is 25.5 Å². The Morgan fingerprint density at radius 2 is 2.12 bits per heavy atom. The highest BCUT2D eigenvalue weighted by Crippen LogP contribution is 2.43. The van der Waals surface area contributed by atoms with E-state index in [1.165, 1.54) is 4.68 Å². The number of halogens is 2. The first-order valence-electron chi connectivity index (χ1n) is 8.11. The van der Waals surface area contributed by atoms with E-state index in [0.717, 1.165) is 13.3 Å². The maximum Gasteiger partial charge on any atom is 0.240 e. The number of ether oxygens (including phenoxy) is 1. The van der Waals surface area contributed by atoms with Crippen LogP contribution in [0.25, 0.3) is 0 Å². The van der Waals surface area contributed by atoms with Crippen molar-refractivity contribution in [1.82, 2.24) is 15.0 Å². The Bertz CT molecular complexity index is 543. The van der Waals surface area contributed by atoms with E-state index in [9.17, 15) is 19.0 Å². The summed E-state index contributed by atoms with van der Waals surface area (Å²) in [5.74, 6) is -3.38. The number of hydrogen-bond acceptors (Lipinski definition) is 6. The summed E-state index contributed by atoms with van der Waals surface area (Å²) in [6, 6.07) is -1.06. The van der Waals surface area contributed by atoms with Crippen molar-refractivity contribution >= 4 is 0 Å². The second-order valence-corrected chi connectivity index (χ2v) is 6.50. The zero-order chi connectivity index (χ0) is 18.1. The fourth-order valence-electron chi connectivity index (χ4n) is 3.12. The van der Waals surface area contributed by atoms with Crippen LogP contribution in [0.2, 0.25) is 0 Å². The number of aliphatic hydroxyl groups is 3. The summed E-state index contributed by atoms with van der Waals surface area (Å²) < 4.78 is 35.6. The largest absolute Gasteiger partial charge is 0.394 e. The molecule has 1 saturated heterocycles. The minimum Gasteiger partial charge on any atom is -0.394 e. The van der Waals surface area contributed by atoms with E-state index in [2.05, 4.69) is 10.3 Å². The molecule has 1 aliphatic heterocycles. The molecule has 0 aliphatic carbocycles. The van der Waals surface area contributed by atoms with Crippen LogP contribution in [-0.2, 0) is 11.2 Å². The maximum absolute atomic E-state index is 14.7. The summed E-state index contributed by atoms with van der Waals surface area (Å²) in [7, 11) is 0. The molecule has 138 valence electrons. The number of rotatable bonds is 6. The molecule has 1 aliphatic rings. The molecule has 0 bridgehead atoms. The molecule has 9 heteroatoms. The SMILES string of the molecule is CCCc1cn([C@H]2C(F)C(C)(F)O[C@@H]([C@H](O)[C@H](O)CO)[C@@H]2C)nn1. The average molecular weight is 349 g/mol. The predicted octanol–water partition coefficient (Wildman–Crippen LogP) is 0.544. The third-order valence-electron chi connectivity index (χ3n) is 4.50. The summed E-state index contributed by atoms with van der Waals surface area (Å²) in [4.78, 5) is 0. The average Bonchev–Trinajstić information content (AvgIpc) is 2.98. The maximum atomic E-state index is 14.7. The van der Waals surface area contributed by atoms with Gasteiger partial charge in [0.15, 0.2) is 6.17 Å². The van der Waals surface area contributed by atoms with Gasteiger partial charge < -0.3 is 20.1 Å². The fourth-order valence-corrected chi connectivity index (χ4v) is 3.12. The Morgan fingerprint density at radius 3 is 2.71 bits per heavy atom. The Balaban J connectivity index is 2.32. The summed E-state index contributed by atoms with van der Waals surface area (Å²) >= 11 is 0. The van der Waals surface area contributed by atoms with Crippen molar-refractivity contribution in [3.63, 3.8) is 0 Å². The molecule has 7 nitrogen and oxygen atoms in total. The van der Waals surface area contributed by atoms with Gasteiger partial charge in [0, 0.05) is 12.1 Å². The summed E-state index contributed by atoms with van der Waals surface area (Å²) in [5, 5.41) is 36.6. The van der Waals surface area contributed by atoms with Crippen LogP contribution < -0.4 is 0 Å². The molecule has 1 aromatic heterocycles. The number of aryl methyl sites for hydroxylation is 1. The van der Waals surface area contributed by atoms with Crippen LogP contribution in [0.15, 0.2) is 6.20 Å². The molecule has 0 saturated carbocycles. The zero-order valence-corrected chi connectivity index (χ0v) is 14.0. The van der Waals surface area contributed by atoms with Crippen LogP contribution in [0.3, 0.4) is 0 Å². The highest BCUT2D eigenvalue weighted by atomic mass is 19.2. The standard InChI is InChI=1S/C15H25F2N3O4/c1-4-5-9-6-20(19-18-9)11-8(2)13(12(23)10(22)7-21)24-15(3,17)14(11)16/h6,8,10-14,21-23H,4-5,7H2,1-3H3/t8-,10-,11-,12-,13-,14?,15?/m1/s1. The van der Waals surface area contributed by atoms with Crippen molar-refractivity contribution in [2.24, 2.45) is 5.92 Å². The van der Waals surface area contributed by atoms with Crippen LogP contribution in [-0.4, -0.2) is 67.3 Å². The smallest absolute Gasteiger partial charge is 0.240 e. The van der Waals surface area contributed by atoms with Crippen LogP contribution in [0.4, 0.5) is 8.78 Å². The van der Waals surface area contributed by atoms with Crippen molar-refractivity contribution in [1.29, 1.82) is 0 Å². The van der Waals surface area contributed by atoms with Gasteiger partial charge in [-0.15, -0.1) is 5.10 Å². The fraction of sp³-hybridized carbons (Fsp3) is 0.867. The van der Waals surface area contributed by atoms with Gasteiger partial charge in [0.25, 0.3) is 0 Å². The molecule has 0 radical (unpaired) electrons. The normalized spacial score (nSPS) is 36.5. The molecule has 3 N–H and O–H groups in total. The van der Waals surface area contributed by atoms with Gasteiger partial charge in [-0.2, -0.15) is 0 Å². The third-order valence-corrected chi connectivity index (χ3v) is 4.50. The molecule has 7 atom stereocenters. The highest BCUT2D eigenvalue weighted by Gasteiger charge is 2.55. The monoisotopic (exact) mass is 349 g/mol. The van der Waals surface area contributed by atoms with Gasteiger partial charge in [-0.25, -0.2) is 13.5 Å². The Morgan fingerprint density at radius 1 is 1.46 bits per heavy atom. The lowest BCUT2D eigenvalue weighted by Gasteiger charge is -2.46. The molecule has 0 aromatic carbocycles. The number of nitrogens with zero attached hydrogens (tertiary/aromatic N) is 3. The first-order valence-corrected chi connectivity index (χ1v) is 8.11. The van der Waals surface area contributed by atoms with Crippen molar-refractivity contribution in [3.8, 4) is 0 Å². The minimum atomic E-state index is -2.67. The minimum absolute atomic E-state index is 0.663. The Hall–Kier alpha value is -1.16. The summed E-state index contributed by atoms with van der Waals surface area (Å²) in [6.07, 6.45) is -3.26. The van der Waals surface area contributed by atoms with Gasteiger partial charge in [0.1, 0.15) is 12.2 Å². The molecule has 1 fully saturated rings. The lowest BCUT2D eigenvalue weighted by molar-refractivity contribution is -0.288. The molecular formula is C15H25F2N3O4. The number of aromatic nitrogens is 3. The summed E-state index contributed by atoms with van der Waals surface area (Å²) in [5.41, 5.74) is 0.663. The summed E-state index contributed by atoms with van der Waals surface area (Å²) in [6.45, 7) is 3.76. The van der Waals surface area contributed by atoms with Gasteiger partial charge in [-0.05, 0) is 13.3 Å². The van der Waals surface area contributed by atoms with Crippen molar-refractivity contribution in [2.75, 3.05) is 6.61 Å². The van der Waals surface area contributed by atoms with Crippen molar-refractivity contribution < 1.29 is 28.8 Å². The van der Waals surface area contributed by atoms with Gasteiger partial charge in [-0.3, -0.25) is 0 Å². The molecule has 2 unspecified atom stereocenters. The molecule has 1 aromatic rings. The number of aliphatic hydroxyl groups excluding tert-OH is 3. The van der Waals surface area contributed by atoms with E-state index >= 15 is 0 Å². The van der Waals surface area contributed by atoms with Gasteiger partial charge in [0.2, 0.25) is 5.85 Å². The molecule has 2 rings (SSSR count). The van der Waals surface area contributed by atoms with Crippen molar-refractivity contribution in [3.05, 3.63) is 11.9 Å². The molecule has 24 heavy (non-hydrogen) atoms. The molecular weight excluding hydrogens is 324 g/mol. The van der Waals surface area contributed by atoms with E-state index in [0.29, 0.717) is 12.1 Å².